The first-order chi connectivity index (χ1) is 3.46. The van der Waals surface area contributed by atoms with Gasteiger partial charge in [-0.25, -0.2) is 0 Å². The van der Waals surface area contributed by atoms with Gasteiger partial charge in [0.15, 0.2) is 0 Å². The molecule has 56 valence electrons. The molecule has 9 heteroatoms. The lowest BCUT2D eigenvalue weighted by molar-refractivity contribution is 0.533. The van der Waals surface area contributed by atoms with Crippen molar-refractivity contribution in [1.29, 1.82) is 0 Å². The Hall–Kier alpha value is -0.330. The van der Waals surface area contributed by atoms with Crippen LogP contribution >= 0.6 is 0 Å². The van der Waals surface area contributed by atoms with Crippen molar-refractivity contribution in [3.8, 4) is 0 Å². The van der Waals surface area contributed by atoms with Crippen molar-refractivity contribution in [2.24, 2.45) is 0 Å². The van der Waals surface area contributed by atoms with Crippen LogP contribution in [0.4, 0.5) is 25.9 Å². The predicted octanol–water partition coefficient (Wildman–Crippen LogP) is 0.935. The van der Waals surface area contributed by atoms with Gasteiger partial charge < -0.3 is 5.48 Å². The van der Waals surface area contributed by atoms with Crippen LogP contribution in [0.3, 0.4) is 0 Å². The topological polar surface area (TPSA) is 31.5 Å². The summed E-state index contributed by atoms with van der Waals surface area (Å²) in [6, 6.07) is 0. The maximum absolute atomic E-state index is 9.67. The van der Waals surface area contributed by atoms with Gasteiger partial charge in [-0.2, -0.15) is 0 Å². The lowest BCUT2D eigenvalue weighted by Gasteiger charge is -1.55. The summed E-state index contributed by atoms with van der Waals surface area (Å²) < 4.78 is 58.0. The van der Waals surface area contributed by atoms with E-state index in [1.165, 1.54) is 0 Å². The van der Waals surface area contributed by atoms with Crippen LogP contribution in [0, 0.1) is 0 Å². The van der Waals surface area contributed by atoms with E-state index in [0.29, 0.717) is 0 Å². The molecule has 0 aliphatic heterocycles. The summed E-state index contributed by atoms with van der Waals surface area (Å²) in [7, 11) is -7.33. The summed E-state index contributed by atoms with van der Waals surface area (Å²) in [6.07, 6.45) is 0. The molecule has 1 nitrogen and oxygen atoms in total. The molecular formula is H2B2F6O. The maximum Gasteiger partial charge on any atom is 0.762 e. The van der Waals surface area contributed by atoms with E-state index in [9.17, 15) is 25.9 Å². The largest absolute Gasteiger partial charge is 0.762 e. The Labute approximate surface area is 47.8 Å². The predicted molar refractivity (Wildman–Crippen MR) is 21.8 cm³/mol. The molecule has 0 rings (SSSR count). The molecule has 9 heavy (non-hydrogen) atoms. The Morgan fingerprint density at radius 1 is 0.556 bits per heavy atom. The fraction of sp³-hybridized carbons (Fsp3) is 0. The van der Waals surface area contributed by atoms with Crippen molar-refractivity contribution < 1.29 is 31.4 Å². The van der Waals surface area contributed by atoms with Crippen LogP contribution in [0.2, 0.25) is 0 Å². The Morgan fingerprint density at radius 2 is 0.556 bits per heavy atom. The molecule has 0 aliphatic rings. The van der Waals surface area contributed by atoms with E-state index in [2.05, 4.69) is 0 Å². The van der Waals surface area contributed by atoms with Crippen molar-refractivity contribution in [3.05, 3.63) is 0 Å². The highest BCUT2D eigenvalue weighted by atomic mass is 19.4. The van der Waals surface area contributed by atoms with Gasteiger partial charge in [0.25, 0.3) is 0 Å². The van der Waals surface area contributed by atoms with E-state index in [1.54, 1.807) is 0 Å². The quantitative estimate of drug-likeness (QED) is 0.367. The van der Waals surface area contributed by atoms with Gasteiger partial charge in [-0.15, -0.1) is 0 Å². The van der Waals surface area contributed by atoms with Crippen molar-refractivity contribution >= 4 is 15.1 Å². The third kappa shape index (κ3) is 2260. The molecule has 2 N–H and O–H groups in total. The molecule has 0 unspecified atom stereocenters. The Kier molecular flexibility index (Phi) is 18.7. The van der Waals surface area contributed by atoms with Crippen molar-refractivity contribution in [3.63, 3.8) is 0 Å². The standard InChI is InChI=1S/2BF3.H2O/c2*2-1(3)4;/h;;1H2. The number of hydrogen-bond donors (Lipinski definition) is 0. The first kappa shape index (κ1) is 15.9. The Balaban J connectivity index is -0.0000000720. The molecule has 0 atom stereocenters. The molecule has 0 amide bonds. The highest BCUT2D eigenvalue weighted by molar-refractivity contribution is 6.33. The maximum atomic E-state index is 9.67. The molecule has 0 aromatic rings. The fourth-order valence-electron chi connectivity index (χ4n) is 0. The zero-order valence-electron chi connectivity index (χ0n) is 3.92. The molecule has 0 fully saturated rings. The monoisotopic (exact) mass is 154 g/mol. The summed E-state index contributed by atoms with van der Waals surface area (Å²) in [5.74, 6) is 0. The van der Waals surface area contributed by atoms with Crippen LogP contribution in [0.5, 0.6) is 0 Å². The summed E-state index contributed by atoms with van der Waals surface area (Å²) in [5.41, 5.74) is 0. The van der Waals surface area contributed by atoms with Gasteiger partial charge in [0.2, 0.25) is 0 Å². The van der Waals surface area contributed by atoms with Crippen LogP contribution in [0.1, 0.15) is 0 Å². The number of rotatable bonds is 0. The van der Waals surface area contributed by atoms with Gasteiger partial charge in [-0.3, -0.25) is 25.9 Å². The first-order valence-corrected chi connectivity index (χ1v) is 1.31. The van der Waals surface area contributed by atoms with Crippen LogP contribution in [0.25, 0.3) is 0 Å². The van der Waals surface area contributed by atoms with Gasteiger partial charge in [-0.1, -0.05) is 0 Å². The number of hydrogen-bond acceptors (Lipinski definition) is 0. The highest BCUT2D eigenvalue weighted by Gasteiger charge is 2.06. The molecule has 0 saturated carbocycles. The molecule has 0 saturated heterocycles. The molecule has 0 bridgehead atoms. The van der Waals surface area contributed by atoms with E-state index >= 15 is 0 Å². The van der Waals surface area contributed by atoms with Crippen LogP contribution in [-0.2, 0) is 0 Å². The van der Waals surface area contributed by atoms with E-state index in [1.807, 2.05) is 0 Å². The molecule has 0 spiro atoms. The van der Waals surface area contributed by atoms with Crippen LogP contribution < -0.4 is 0 Å². The lowest BCUT2D eigenvalue weighted by atomic mass is 10.5. The normalized spacial score (nSPS) is 6.00. The number of halogens is 6. The summed E-state index contributed by atoms with van der Waals surface area (Å²) in [5, 5.41) is 0. The van der Waals surface area contributed by atoms with Crippen molar-refractivity contribution in [1.82, 2.24) is 0 Å². The summed E-state index contributed by atoms with van der Waals surface area (Å²) in [4.78, 5) is 0. The zero-order chi connectivity index (χ0) is 7.15. The van der Waals surface area contributed by atoms with Gasteiger partial charge in [0.05, 0.1) is 0 Å². The van der Waals surface area contributed by atoms with E-state index in [-0.39, 0.29) is 5.48 Å². The SMILES string of the molecule is FB(F)F.FB(F)F.O. The van der Waals surface area contributed by atoms with Crippen molar-refractivity contribution in [2.75, 3.05) is 0 Å². The summed E-state index contributed by atoms with van der Waals surface area (Å²) >= 11 is 0. The fourth-order valence-corrected chi connectivity index (χ4v) is 0. The smallest absolute Gasteiger partial charge is 0.412 e. The zero-order valence-corrected chi connectivity index (χ0v) is 3.92. The molecule has 0 radical (unpaired) electrons. The van der Waals surface area contributed by atoms with Crippen LogP contribution in [-0.4, -0.2) is 20.6 Å². The van der Waals surface area contributed by atoms with E-state index < -0.39 is 15.1 Å². The average molecular weight is 154 g/mol. The second kappa shape index (κ2) is 10.6. The lowest BCUT2D eigenvalue weighted by Crippen LogP contribution is -1.76. The van der Waals surface area contributed by atoms with E-state index in [0.717, 1.165) is 0 Å². The van der Waals surface area contributed by atoms with Gasteiger partial charge in [0, 0.05) is 0 Å². The first-order valence-electron chi connectivity index (χ1n) is 1.31. The van der Waals surface area contributed by atoms with Gasteiger partial charge in [-0.05, 0) is 0 Å². The third-order valence-corrected chi connectivity index (χ3v) is 0. The van der Waals surface area contributed by atoms with Gasteiger partial charge >= 0.3 is 15.1 Å². The average Bonchev–Trinajstić information content (AvgIpc) is 1.25. The van der Waals surface area contributed by atoms with Gasteiger partial charge in [0.1, 0.15) is 0 Å². The molecular weight excluding hydrogens is 152 g/mol. The molecule has 0 heterocycles. The minimum atomic E-state index is -3.67. The summed E-state index contributed by atoms with van der Waals surface area (Å²) in [6.45, 7) is 0. The molecule has 0 aromatic carbocycles. The molecule has 0 aromatic heterocycles. The Morgan fingerprint density at radius 3 is 0.556 bits per heavy atom. The highest BCUT2D eigenvalue weighted by Crippen LogP contribution is 1.80. The van der Waals surface area contributed by atoms with Crippen molar-refractivity contribution in [2.45, 2.75) is 0 Å². The second-order valence-electron chi connectivity index (χ2n) is 0.495. The minimum Gasteiger partial charge on any atom is -0.412 e. The third-order valence-electron chi connectivity index (χ3n) is 0. The molecule has 0 aliphatic carbocycles. The van der Waals surface area contributed by atoms with Crippen LogP contribution in [0.15, 0.2) is 0 Å². The minimum absolute atomic E-state index is 0. The van der Waals surface area contributed by atoms with E-state index in [4.69, 9.17) is 0 Å². The second-order valence-corrected chi connectivity index (χ2v) is 0.495. The Bertz CT molecular complexity index is 26.5.